The predicted octanol–water partition coefficient (Wildman–Crippen LogP) is 3.55. The van der Waals surface area contributed by atoms with Crippen LogP contribution in [0.25, 0.3) is 0 Å². The number of nitrogens with zero attached hydrogens (tertiary/aromatic N) is 2. The lowest BCUT2D eigenvalue weighted by atomic mass is 9.98. The molecule has 7 heteroatoms. The molecule has 1 fully saturated rings. The fourth-order valence-electron chi connectivity index (χ4n) is 3.46. The van der Waals surface area contributed by atoms with Gasteiger partial charge in [0.1, 0.15) is 5.82 Å². The first kappa shape index (κ1) is 21.4. The normalized spacial score (nSPS) is 16.8. The van der Waals surface area contributed by atoms with Crippen molar-refractivity contribution in [2.75, 3.05) is 19.6 Å². The molecule has 2 aromatic rings. The predicted molar refractivity (Wildman–Crippen MR) is 112 cm³/mol. The average molecular weight is 418 g/mol. The summed E-state index contributed by atoms with van der Waals surface area (Å²) in [5.41, 5.74) is 1.42. The molecule has 0 radical (unpaired) electrons. The van der Waals surface area contributed by atoms with Gasteiger partial charge < -0.3 is 10.2 Å². The SMILES string of the molecule is CC(C)C(=O)NCCc1csc([C@H]2CCCN(C(=O)Cc3ccccc3F)C2)n1. The lowest BCUT2D eigenvalue weighted by Gasteiger charge is -2.32. The molecule has 3 rings (SSSR count). The van der Waals surface area contributed by atoms with Crippen molar-refractivity contribution in [3.63, 3.8) is 0 Å². The lowest BCUT2D eigenvalue weighted by molar-refractivity contribution is -0.131. The zero-order valence-electron chi connectivity index (χ0n) is 17.0. The summed E-state index contributed by atoms with van der Waals surface area (Å²) in [5.74, 6) is -0.110. The maximum atomic E-state index is 13.9. The van der Waals surface area contributed by atoms with Gasteiger partial charge in [-0.2, -0.15) is 0 Å². The van der Waals surface area contributed by atoms with Gasteiger partial charge in [0.25, 0.3) is 0 Å². The van der Waals surface area contributed by atoms with Crippen LogP contribution in [-0.4, -0.2) is 41.3 Å². The third-order valence-corrected chi connectivity index (χ3v) is 6.25. The minimum Gasteiger partial charge on any atom is -0.355 e. The van der Waals surface area contributed by atoms with E-state index in [4.69, 9.17) is 4.98 Å². The average Bonchev–Trinajstić information content (AvgIpc) is 3.18. The third kappa shape index (κ3) is 5.85. The Morgan fingerprint density at radius 1 is 1.34 bits per heavy atom. The molecule has 5 nitrogen and oxygen atoms in total. The first-order valence-electron chi connectivity index (χ1n) is 10.2. The lowest BCUT2D eigenvalue weighted by Crippen LogP contribution is -2.40. The molecule has 0 saturated carbocycles. The number of carbonyl (C=O) groups is 2. The number of aromatic nitrogens is 1. The van der Waals surface area contributed by atoms with Crippen LogP contribution in [0, 0.1) is 11.7 Å². The zero-order chi connectivity index (χ0) is 20.8. The number of halogens is 1. The second-order valence-corrected chi connectivity index (χ2v) is 8.71. The van der Waals surface area contributed by atoms with Crippen molar-refractivity contribution in [1.29, 1.82) is 0 Å². The number of likely N-dealkylation sites (tertiary alicyclic amines) is 1. The second-order valence-electron chi connectivity index (χ2n) is 7.82. The van der Waals surface area contributed by atoms with Crippen molar-refractivity contribution < 1.29 is 14.0 Å². The minimum absolute atomic E-state index is 0.0175. The highest BCUT2D eigenvalue weighted by atomic mass is 32.1. The van der Waals surface area contributed by atoms with Gasteiger partial charge in [0, 0.05) is 43.3 Å². The van der Waals surface area contributed by atoms with Crippen LogP contribution in [0.2, 0.25) is 0 Å². The second kappa shape index (κ2) is 9.96. The zero-order valence-corrected chi connectivity index (χ0v) is 17.8. The number of nitrogens with one attached hydrogen (secondary N) is 1. The van der Waals surface area contributed by atoms with Crippen LogP contribution >= 0.6 is 11.3 Å². The number of benzene rings is 1. The molecule has 0 aliphatic carbocycles. The highest BCUT2D eigenvalue weighted by molar-refractivity contribution is 7.09. The van der Waals surface area contributed by atoms with Crippen molar-refractivity contribution in [3.05, 3.63) is 51.7 Å². The maximum Gasteiger partial charge on any atom is 0.227 e. The number of hydrogen-bond acceptors (Lipinski definition) is 4. The molecule has 0 bridgehead atoms. The van der Waals surface area contributed by atoms with Gasteiger partial charge in [-0.3, -0.25) is 9.59 Å². The van der Waals surface area contributed by atoms with Crippen LogP contribution in [0.5, 0.6) is 0 Å². The van der Waals surface area contributed by atoms with Gasteiger partial charge in [-0.05, 0) is 24.5 Å². The number of rotatable bonds is 7. The number of piperidine rings is 1. The molecular weight excluding hydrogens is 389 g/mol. The number of carbonyl (C=O) groups excluding carboxylic acids is 2. The fourth-order valence-corrected chi connectivity index (χ4v) is 4.45. The number of hydrogen-bond donors (Lipinski definition) is 1. The minimum atomic E-state index is -0.330. The van der Waals surface area contributed by atoms with Crippen LogP contribution in [0.15, 0.2) is 29.6 Å². The van der Waals surface area contributed by atoms with E-state index in [-0.39, 0.29) is 35.9 Å². The van der Waals surface area contributed by atoms with Crippen molar-refractivity contribution in [1.82, 2.24) is 15.2 Å². The Kier molecular flexibility index (Phi) is 7.36. The summed E-state index contributed by atoms with van der Waals surface area (Å²) in [6.07, 6.45) is 2.73. The van der Waals surface area contributed by atoms with Crippen molar-refractivity contribution >= 4 is 23.2 Å². The largest absolute Gasteiger partial charge is 0.355 e. The molecule has 0 spiro atoms. The van der Waals surface area contributed by atoms with Gasteiger partial charge in [-0.25, -0.2) is 9.37 Å². The highest BCUT2D eigenvalue weighted by Gasteiger charge is 2.27. The van der Waals surface area contributed by atoms with Crippen molar-refractivity contribution in [3.8, 4) is 0 Å². The molecule has 1 saturated heterocycles. The molecule has 1 aromatic carbocycles. The summed E-state index contributed by atoms with van der Waals surface area (Å²) in [6, 6.07) is 6.45. The Morgan fingerprint density at radius 2 is 2.14 bits per heavy atom. The molecular formula is C22H28FN3O2S. The van der Waals surface area contributed by atoms with E-state index in [2.05, 4.69) is 5.32 Å². The van der Waals surface area contributed by atoms with Crippen LogP contribution in [0.1, 0.15) is 48.9 Å². The molecule has 29 heavy (non-hydrogen) atoms. The van der Waals surface area contributed by atoms with E-state index < -0.39 is 0 Å². The Bertz CT molecular complexity index is 852. The summed E-state index contributed by atoms with van der Waals surface area (Å²) >= 11 is 1.62. The summed E-state index contributed by atoms with van der Waals surface area (Å²) < 4.78 is 13.9. The smallest absolute Gasteiger partial charge is 0.227 e. The van der Waals surface area contributed by atoms with Crippen LogP contribution in [0.3, 0.4) is 0 Å². The molecule has 1 aliphatic rings. The van der Waals surface area contributed by atoms with Gasteiger partial charge in [0.2, 0.25) is 11.8 Å². The quantitative estimate of drug-likeness (QED) is 0.749. The summed E-state index contributed by atoms with van der Waals surface area (Å²) in [6.45, 7) is 5.67. The molecule has 156 valence electrons. The Labute approximate surface area is 175 Å². The first-order valence-corrected chi connectivity index (χ1v) is 11.0. The molecule has 2 amide bonds. The van der Waals surface area contributed by atoms with E-state index in [1.807, 2.05) is 24.1 Å². The van der Waals surface area contributed by atoms with E-state index in [0.717, 1.165) is 23.5 Å². The first-order chi connectivity index (χ1) is 13.9. The highest BCUT2D eigenvalue weighted by Crippen LogP contribution is 2.29. The Hall–Kier alpha value is -2.28. The topological polar surface area (TPSA) is 62.3 Å². The van der Waals surface area contributed by atoms with Crippen LogP contribution in [-0.2, 0) is 22.4 Å². The van der Waals surface area contributed by atoms with E-state index in [9.17, 15) is 14.0 Å². The van der Waals surface area contributed by atoms with E-state index in [1.54, 1.807) is 29.5 Å². The van der Waals surface area contributed by atoms with E-state index in [1.165, 1.54) is 6.07 Å². The van der Waals surface area contributed by atoms with Gasteiger partial charge in [-0.1, -0.05) is 32.0 Å². The van der Waals surface area contributed by atoms with Gasteiger partial charge in [0.05, 0.1) is 17.1 Å². The monoisotopic (exact) mass is 417 g/mol. The Morgan fingerprint density at radius 3 is 2.90 bits per heavy atom. The molecule has 1 aromatic heterocycles. The maximum absolute atomic E-state index is 13.9. The van der Waals surface area contributed by atoms with Gasteiger partial charge in [0.15, 0.2) is 0 Å². The van der Waals surface area contributed by atoms with Crippen LogP contribution < -0.4 is 5.32 Å². The van der Waals surface area contributed by atoms with Crippen molar-refractivity contribution in [2.24, 2.45) is 5.92 Å². The Balaban J connectivity index is 1.54. The summed E-state index contributed by atoms with van der Waals surface area (Å²) in [4.78, 5) is 30.9. The molecule has 1 N–H and O–H groups in total. The van der Waals surface area contributed by atoms with Crippen molar-refractivity contribution in [2.45, 2.75) is 45.4 Å². The number of thiazole rings is 1. The molecule has 2 heterocycles. The number of amides is 2. The van der Waals surface area contributed by atoms with E-state index in [0.29, 0.717) is 31.6 Å². The molecule has 0 unspecified atom stereocenters. The third-order valence-electron chi connectivity index (χ3n) is 5.20. The summed E-state index contributed by atoms with van der Waals surface area (Å²) in [5, 5.41) is 5.99. The molecule has 1 atom stereocenters. The standard InChI is InChI=1S/C22H28FN3O2S/c1-15(2)21(28)24-10-9-18-14-29-22(25-18)17-7-5-11-26(13-17)20(27)12-16-6-3-4-8-19(16)23/h3-4,6,8,14-15,17H,5,7,9-13H2,1-2H3,(H,24,28)/t17-/m0/s1. The fraction of sp³-hybridized carbons (Fsp3) is 0.500. The van der Waals surface area contributed by atoms with Gasteiger partial charge >= 0.3 is 0 Å². The van der Waals surface area contributed by atoms with E-state index >= 15 is 0 Å². The summed E-state index contributed by atoms with van der Waals surface area (Å²) in [7, 11) is 0. The molecule has 1 aliphatic heterocycles. The van der Waals surface area contributed by atoms with Gasteiger partial charge in [-0.15, -0.1) is 11.3 Å². The van der Waals surface area contributed by atoms with Crippen LogP contribution in [0.4, 0.5) is 4.39 Å².